The molecule has 20 heteroatoms. The number of piperazine rings is 2. The third-order valence-corrected chi connectivity index (χ3v) is 19.4. The largest absolute Gasteiger partial charge is 0.354 e. The molecule has 13 rings (SSSR count). The summed E-state index contributed by atoms with van der Waals surface area (Å²) in [6, 6.07) is 43.7. The van der Waals surface area contributed by atoms with Gasteiger partial charge >= 0.3 is 0 Å². The van der Waals surface area contributed by atoms with Crippen LogP contribution in [0.3, 0.4) is 0 Å². The normalized spacial score (nSPS) is 19.4. The van der Waals surface area contributed by atoms with Crippen LogP contribution in [0, 0.1) is 41.8 Å². The Labute approximate surface area is 585 Å². The molecule has 7 heterocycles. The minimum atomic E-state index is -0.572. The maximum absolute atomic E-state index is 13.4. The number of nitrogens with zero attached hydrogens (tertiary/aromatic N) is 9. The van der Waals surface area contributed by atoms with Crippen LogP contribution in [0.2, 0.25) is 0 Å². The Hall–Kier alpha value is -8.34. The number of nitrogens with one attached hydrogen (secondary N) is 4. The highest BCUT2D eigenvalue weighted by Gasteiger charge is 2.40. The quantitative estimate of drug-likeness (QED) is 0.0364. The topological polar surface area (TPSA) is 161 Å². The van der Waals surface area contributed by atoms with Crippen molar-refractivity contribution in [3.8, 4) is 33.8 Å². The fraction of sp³-hybridized carbons (Fsp3) is 0.400. The zero-order chi connectivity index (χ0) is 69.9. The van der Waals surface area contributed by atoms with E-state index in [0.29, 0.717) is 104 Å². The van der Waals surface area contributed by atoms with E-state index < -0.39 is 34.9 Å². The Bertz CT molecular complexity index is 4050. The molecule has 4 saturated heterocycles. The van der Waals surface area contributed by atoms with Gasteiger partial charge in [0.15, 0.2) is 0 Å². The number of piperidine rings is 1. The number of nitrogens with two attached hydrogens (primary N) is 1. The number of aromatic nitrogens is 6. The van der Waals surface area contributed by atoms with E-state index in [1.54, 1.807) is 18.6 Å². The molecule has 4 fully saturated rings. The molecular weight excluding hydrogens is 1270 g/mol. The van der Waals surface area contributed by atoms with E-state index in [-0.39, 0.29) is 0 Å². The van der Waals surface area contributed by atoms with E-state index in [1.807, 2.05) is 30.3 Å². The molecule has 6 N–H and O–H groups in total. The third kappa shape index (κ3) is 21.1. The van der Waals surface area contributed by atoms with Gasteiger partial charge in [-0.15, -0.1) is 0 Å². The monoisotopic (exact) mass is 1360 g/mol. The number of anilines is 1. The van der Waals surface area contributed by atoms with Gasteiger partial charge in [0.2, 0.25) is 5.95 Å². The highest BCUT2D eigenvalue weighted by molar-refractivity contribution is 5.64. The SMILES string of the molecule is CCNC1CC2CCC(C1)N2Cc1cccc(-c2ccnc(CCCc3cc(F)cc(F)c3)n2)c1.Cc1ccc(CN2C[C@H](C)NC[C@@H]2C)cc1-c1ccnc(CCCc2cc(F)cc(F)c2)n1.NCC1CNCCN1Cc1cccc(-c2ccnc(NCCc3cc(F)cc(F)c3)n2)c1. The van der Waals surface area contributed by atoms with E-state index in [2.05, 4.69) is 138 Å². The molecule has 5 atom stereocenters. The predicted molar refractivity (Wildman–Crippen MR) is 385 cm³/mol. The second-order valence-corrected chi connectivity index (χ2v) is 27.2. The number of fused-ring (bicyclic) bond motifs is 2. The molecule has 100 heavy (non-hydrogen) atoms. The van der Waals surface area contributed by atoms with Gasteiger partial charge < -0.3 is 27.0 Å². The molecule has 0 radical (unpaired) electrons. The Morgan fingerprint density at radius 2 is 1.07 bits per heavy atom. The molecular formula is C80H94F6N14. The molecule has 0 spiro atoms. The smallest absolute Gasteiger partial charge is 0.223 e. The molecule has 526 valence electrons. The highest BCUT2D eigenvalue weighted by Crippen LogP contribution is 2.37. The number of benzene rings is 6. The molecule has 2 bridgehead atoms. The minimum Gasteiger partial charge on any atom is -0.354 e. The van der Waals surface area contributed by atoms with Gasteiger partial charge in [0.05, 0.1) is 17.1 Å². The molecule has 9 aromatic rings. The second-order valence-electron chi connectivity index (χ2n) is 27.2. The summed E-state index contributed by atoms with van der Waals surface area (Å²) in [6.45, 7) is 18.6. The van der Waals surface area contributed by atoms with Crippen molar-refractivity contribution in [2.24, 2.45) is 5.73 Å². The number of halogens is 6. The summed E-state index contributed by atoms with van der Waals surface area (Å²) in [5, 5.41) is 13.7. The molecule has 3 aromatic heterocycles. The first-order valence-electron chi connectivity index (χ1n) is 35.5. The van der Waals surface area contributed by atoms with Gasteiger partial charge in [0, 0.05) is 168 Å². The molecule has 0 saturated carbocycles. The summed E-state index contributed by atoms with van der Waals surface area (Å²) in [6.07, 6.45) is 14.8. The average molecular weight is 1370 g/mol. The van der Waals surface area contributed by atoms with Gasteiger partial charge in [-0.2, -0.15) is 0 Å². The van der Waals surface area contributed by atoms with Gasteiger partial charge in [-0.3, -0.25) is 14.7 Å². The summed E-state index contributed by atoms with van der Waals surface area (Å²) in [4.78, 5) is 35.0. The van der Waals surface area contributed by atoms with E-state index in [1.165, 1.54) is 84.3 Å². The lowest BCUT2D eigenvalue weighted by molar-refractivity contribution is 0.110. The van der Waals surface area contributed by atoms with Crippen LogP contribution in [0.1, 0.15) is 110 Å². The Kier molecular flexibility index (Phi) is 26.1. The van der Waals surface area contributed by atoms with Gasteiger partial charge in [0.25, 0.3) is 0 Å². The molecule has 4 aliphatic rings. The fourth-order valence-electron chi connectivity index (χ4n) is 14.4. The first kappa shape index (κ1) is 72.9. The van der Waals surface area contributed by atoms with Gasteiger partial charge in [-0.1, -0.05) is 55.5 Å². The Balaban J connectivity index is 0.000000151. The minimum absolute atomic E-state index is 0.342. The van der Waals surface area contributed by atoms with E-state index in [4.69, 9.17) is 15.7 Å². The van der Waals surface area contributed by atoms with Gasteiger partial charge in [-0.05, 0) is 197 Å². The van der Waals surface area contributed by atoms with Crippen LogP contribution < -0.4 is 27.0 Å². The molecule has 0 amide bonds. The van der Waals surface area contributed by atoms with E-state index in [9.17, 15) is 26.3 Å². The van der Waals surface area contributed by atoms with Crippen LogP contribution in [0.4, 0.5) is 32.3 Å². The highest BCUT2D eigenvalue weighted by atomic mass is 19.2. The zero-order valence-electron chi connectivity index (χ0n) is 57.9. The van der Waals surface area contributed by atoms with Gasteiger partial charge in [-0.25, -0.2) is 56.2 Å². The first-order valence-corrected chi connectivity index (χ1v) is 35.5. The zero-order valence-corrected chi connectivity index (χ0v) is 57.9. The van der Waals surface area contributed by atoms with E-state index in [0.717, 1.165) is 135 Å². The summed E-state index contributed by atoms with van der Waals surface area (Å²) in [7, 11) is 0. The van der Waals surface area contributed by atoms with Gasteiger partial charge in [0.1, 0.15) is 46.6 Å². The lowest BCUT2D eigenvalue weighted by Gasteiger charge is -2.39. The van der Waals surface area contributed by atoms with Crippen molar-refractivity contribution in [3.05, 3.63) is 244 Å². The molecule has 4 aliphatic heterocycles. The first-order chi connectivity index (χ1) is 48.5. The Morgan fingerprint density at radius 3 is 1.66 bits per heavy atom. The van der Waals surface area contributed by atoms with Crippen LogP contribution in [0.15, 0.2) is 158 Å². The van der Waals surface area contributed by atoms with Crippen molar-refractivity contribution < 1.29 is 26.3 Å². The average Bonchev–Trinajstić information content (AvgIpc) is 1.56. The standard InChI is InChI=1S/C29H34F2N4.C27H32F2N4.C24H28F2N6/c1-2-32-25-17-26-9-10-27(18-25)35(26)19-21-6-3-7-22(13-21)28-11-12-33-29(34-28)8-4-5-20-14-23(30)16-24(31)15-20;1-18-7-8-22(17-33-16-19(2)31-15-20(33)3)13-25(18)26-9-10-30-27(32-26)6-4-5-21-11-23(28)14-24(29)12-21;25-20-11-17(12-21(26)13-20)4-6-29-24-30-7-5-23(31-24)19-3-1-2-18(10-19)16-32-9-8-28-15-22(32)14-27/h3,6-7,11-16,25-27,32H,2,4-5,8-10,17-19H2,1H3;7-14,19-20,31H,4-6,15-17H2,1-3H3;1-3,5,7,10-13,22,28H,4,6,8-9,14-16,27H2,(H,29,30,31)/t;19-,20-;/m.0./s1. The number of aryl methyl sites for hydroxylation is 5. The van der Waals surface area contributed by atoms with Crippen LogP contribution >= 0.6 is 0 Å². The molecule has 0 aliphatic carbocycles. The van der Waals surface area contributed by atoms with Crippen molar-refractivity contribution >= 4 is 5.95 Å². The lowest BCUT2D eigenvalue weighted by Crippen LogP contribution is -2.53. The van der Waals surface area contributed by atoms with Crippen LogP contribution in [-0.2, 0) is 51.7 Å². The summed E-state index contributed by atoms with van der Waals surface area (Å²) in [5.74, 6) is -1.30. The van der Waals surface area contributed by atoms with Crippen molar-refractivity contribution in [3.63, 3.8) is 0 Å². The van der Waals surface area contributed by atoms with Crippen molar-refractivity contribution in [1.29, 1.82) is 0 Å². The Morgan fingerprint density at radius 1 is 0.540 bits per heavy atom. The van der Waals surface area contributed by atoms with Crippen LogP contribution in [0.5, 0.6) is 0 Å². The molecule has 14 nitrogen and oxygen atoms in total. The second kappa shape index (κ2) is 35.8. The molecule has 6 aromatic carbocycles. The number of rotatable bonds is 24. The summed E-state index contributed by atoms with van der Waals surface area (Å²) in [5.41, 5.74) is 18.7. The fourth-order valence-corrected chi connectivity index (χ4v) is 14.4. The van der Waals surface area contributed by atoms with Crippen LogP contribution in [-0.4, -0.2) is 133 Å². The molecule has 3 unspecified atom stereocenters. The number of hydrogen-bond acceptors (Lipinski definition) is 14. The third-order valence-electron chi connectivity index (χ3n) is 19.4. The number of hydrogen-bond donors (Lipinski definition) is 5. The predicted octanol–water partition coefficient (Wildman–Crippen LogP) is 13.6. The maximum Gasteiger partial charge on any atom is 0.223 e. The van der Waals surface area contributed by atoms with Crippen molar-refractivity contribution in [2.75, 3.05) is 57.7 Å². The van der Waals surface area contributed by atoms with Crippen molar-refractivity contribution in [1.82, 2.24) is 60.6 Å². The van der Waals surface area contributed by atoms with Crippen molar-refractivity contribution in [2.45, 2.75) is 154 Å². The maximum atomic E-state index is 13.4. The van der Waals surface area contributed by atoms with E-state index >= 15 is 0 Å². The lowest BCUT2D eigenvalue weighted by atomic mass is 9.96. The summed E-state index contributed by atoms with van der Waals surface area (Å²) >= 11 is 0. The van der Waals surface area contributed by atoms with Crippen LogP contribution in [0.25, 0.3) is 33.8 Å². The summed E-state index contributed by atoms with van der Waals surface area (Å²) < 4.78 is 80.3.